The van der Waals surface area contributed by atoms with Gasteiger partial charge in [-0.3, -0.25) is 0 Å². The first-order valence-electron chi connectivity index (χ1n) is 5.00. The molecule has 80 valence electrons. The lowest BCUT2D eigenvalue weighted by molar-refractivity contribution is 0.110. The molecular weight excluding hydrogens is 196 g/mol. The summed E-state index contributed by atoms with van der Waals surface area (Å²) in [6.07, 6.45) is 2.29. The van der Waals surface area contributed by atoms with Crippen LogP contribution in [0.5, 0.6) is 0 Å². The second-order valence-corrected chi connectivity index (χ2v) is 4.61. The molecule has 0 saturated carbocycles. The zero-order chi connectivity index (χ0) is 10.4. The van der Waals surface area contributed by atoms with Gasteiger partial charge in [0.1, 0.15) is 0 Å². The summed E-state index contributed by atoms with van der Waals surface area (Å²) in [5.41, 5.74) is 0. The SMILES string of the molecule is CCc1ccc(CC(O)CCOC)s1. The molecule has 0 saturated heterocycles. The summed E-state index contributed by atoms with van der Waals surface area (Å²) in [4.78, 5) is 2.66. The first kappa shape index (κ1) is 11.7. The average Bonchev–Trinajstić information content (AvgIpc) is 2.62. The molecule has 0 aromatic carbocycles. The van der Waals surface area contributed by atoms with Gasteiger partial charge < -0.3 is 9.84 Å². The van der Waals surface area contributed by atoms with E-state index in [4.69, 9.17) is 4.74 Å². The molecule has 1 atom stereocenters. The smallest absolute Gasteiger partial charge is 0.0610 e. The molecule has 1 aromatic rings. The molecule has 1 aromatic heterocycles. The van der Waals surface area contributed by atoms with Gasteiger partial charge in [0.05, 0.1) is 6.10 Å². The molecule has 0 fully saturated rings. The summed E-state index contributed by atoms with van der Waals surface area (Å²) in [7, 11) is 1.66. The summed E-state index contributed by atoms with van der Waals surface area (Å²) in [6, 6.07) is 4.25. The lowest BCUT2D eigenvalue weighted by Gasteiger charge is -2.07. The summed E-state index contributed by atoms with van der Waals surface area (Å²) in [5.74, 6) is 0. The molecule has 1 heterocycles. The van der Waals surface area contributed by atoms with Crippen molar-refractivity contribution >= 4 is 11.3 Å². The van der Waals surface area contributed by atoms with E-state index < -0.39 is 0 Å². The predicted molar refractivity (Wildman–Crippen MR) is 59.9 cm³/mol. The Kier molecular flexibility index (Phi) is 5.15. The van der Waals surface area contributed by atoms with E-state index in [1.54, 1.807) is 18.4 Å². The number of aliphatic hydroxyl groups excluding tert-OH is 1. The van der Waals surface area contributed by atoms with Crippen molar-refractivity contribution in [2.75, 3.05) is 13.7 Å². The standard InChI is InChI=1S/C11H18O2S/c1-3-10-4-5-11(14-10)8-9(12)6-7-13-2/h4-5,9,12H,3,6-8H2,1-2H3. The van der Waals surface area contributed by atoms with Crippen molar-refractivity contribution in [3.8, 4) is 0 Å². The largest absolute Gasteiger partial charge is 0.393 e. The Hall–Kier alpha value is -0.380. The van der Waals surface area contributed by atoms with Crippen LogP contribution in [0.15, 0.2) is 12.1 Å². The molecule has 0 aliphatic heterocycles. The predicted octanol–water partition coefficient (Wildman–Crippen LogP) is 2.25. The van der Waals surface area contributed by atoms with Crippen molar-refractivity contribution < 1.29 is 9.84 Å². The Morgan fingerprint density at radius 1 is 1.43 bits per heavy atom. The highest BCUT2D eigenvalue weighted by molar-refractivity contribution is 7.11. The zero-order valence-electron chi connectivity index (χ0n) is 8.82. The number of methoxy groups -OCH3 is 1. The Balaban J connectivity index is 2.35. The van der Waals surface area contributed by atoms with Crippen molar-refractivity contribution in [2.45, 2.75) is 32.3 Å². The van der Waals surface area contributed by atoms with Crippen molar-refractivity contribution in [1.29, 1.82) is 0 Å². The molecule has 0 radical (unpaired) electrons. The third kappa shape index (κ3) is 3.78. The van der Waals surface area contributed by atoms with Gasteiger partial charge in [-0.2, -0.15) is 0 Å². The van der Waals surface area contributed by atoms with Gasteiger partial charge >= 0.3 is 0 Å². The van der Waals surface area contributed by atoms with Crippen LogP contribution in [-0.4, -0.2) is 24.9 Å². The van der Waals surface area contributed by atoms with Crippen LogP contribution in [0.2, 0.25) is 0 Å². The van der Waals surface area contributed by atoms with Crippen LogP contribution in [0.25, 0.3) is 0 Å². The van der Waals surface area contributed by atoms with Gasteiger partial charge in [0.25, 0.3) is 0 Å². The van der Waals surface area contributed by atoms with Gasteiger partial charge in [-0.05, 0) is 25.0 Å². The number of thiophene rings is 1. The topological polar surface area (TPSA) is 29.5 Å². The number of ether oxygens (including phenoxy) is 1. The van der Waals surface area contributed by atoms with Gasteiger partial charge in [-0.1, -0.05) is 6.92 Å². The number of hydrogen-bond donors (Lipinski definition) is 1. The molecule has 1 rings (SSSR count). The summed E-state index contributed by atoms with van der Waals surface area (Å²) in [6.45, 7) is 2.78. The van der Waals surface area contributed by atoms with Crippen molar-refractivity contribution in [1.82, 2.24) is 0 Å². The molecular formula is C11H18O2S. The molecule has 0 spiro atoms. The number of hydrogen-bond acceptors (Lipinski definition) is 3. The van der Waals surface area contributed by atoms with E-state index in [2.05, 4.69) is 19.1 Å². The van der Waals surface area contributed by atoms with Crippen LogP contribution in [0.3, 0.4) is 0 Å². The van der Waals surface area contributed by atoms with Gasteiger partial charge in [0, 0.05) is 29.9 Å². The highest BCUT2D eigenvalue weighted by atomic mass is 32.1. The highest BCUT2D eigenvalue weighted by Crippen LogP contribution is 2.19. The first-order chi connectivity index (χ1) is 6.76. The summed E-state index contributed by atoms with van der Waals surface area (Å²) in [5, 5.41) is 9.64. The first-order valence-corrected chi connectivity index (χ1v) is 5.82. The van der Waals surface area contributed by atoms with E-state index in [1.165, 1.54) is 9.75 Å². The van der Waals surface area contributed by atoms with Gasteiger partial charge in [0.15, 0.2) is 0 Å². The molecule has 0 aliphatic carbocycles. The minimum absolute atomic E-state index is 0.265. The van der Waals surface area contributed by atoms with Gasteiger partial charge in [-0.25, -0.2) is 0 Å². The molecule has 0 bridgehead atoms. The minimum Gasteiger partial charge on any atom is -0.393 e. The third-order valence-corrected chi connectivity index (χ3v) is 3.41. The number of rotatable bonds is 6. The third-order valence-electron chi connectivity index (χ3n) is 2.16. The Morgan fingerprint density at radius 2 is 2.14 bits per heavy atom. The monoisotopic (exact) mass is 214 g/mol. The lowest BCUT2D eigenvalue weighted by atomic mass is 10.2. The Labute approximate surface area is 89.5 Å². The van der Waals surface area contributed by atoms with Crippen LogP contribution in [-0.2, 0) is 17.6 Å². The maximum absolute atomic E-state index is 9.64. The maximum Gasteiger partial charge on any atom is 0.0610 e. The highest BCUT2D eigenvalue weighted by Gasteiger charge is 2.07. The van der Waals surface area contributed by atoms with E-state index >= 15 is 0 Å². The van der Waals surface area contributed by atoms with Crippen LogP contribution in [0, 0.1) is 0 Å². The average molecular weight is 214 g/mol. The molecule has 1 N–H and O–H groups in total. The summed E-state index contributed by atoms with van der Waals surface area (Å²) < 4.78 is 4.92. The van der Waals surface area contributed by atoms with Crippen LogP contribution < -0.4 is 0 Å². The minimum atomic E-state index is -0.265. The molecule has 2 nitrogen and oxygen atoms in total. The quantitative estimate of drug-likeness (QED) is 0.787. The maximum atomic E-state index is 9.64. The van der Waals surface area contributed by atoms with Crippen molar-refractivity contribution in [3.05, 3.63) is 21.9 Å². The van der Waals surface area contributed by atoms with Crippen LogP contribution in [0.1, 0.15) is 23.1 Å². The Morgan fingerprint density at radius 3 is 2.71 bits per heavy atom. The lowest BCUT2D eigenvalue weighted by Crippen LogP contribution is -2.12. The number of aliphatic hydroxyl groups is 1. The zero-order valence-corrected chi connectivity index (χ0v) is 9.64. The van der Waals surface area contributed by atoms with Crippen molar-refractivity contribution in [3.63, 3.8) is 0 Å². The molecule has 0 aliphatic rings. The van der Waals surface area contributed by atoms with E-state index in [1.807, 2.05) is 0 Å². The normalized spacial score (nSPS) is 13.1. The molecule has 3 heteroatoms. The van der Waals surface area contributed by atoms with E-state index in [0.717, 1.165) is 19.3 Å². The van der Waals surface area contributed by atoms with Gasteiger partial charge in [-0.15, -0.1) is 11.3 Å². The van der Waals surface area contributed by atoms with E-state index in [0.29, 0.717) is 6.61 Å². The summed E-state index contributed by atoms with van der Waals surface area (Å²) >= 11 is 1.79. The fraction of sp³-hybridized carbons (Fsp3) is 0.636. The molecule has 0 amide bonds. The van der Waals surface area contributed by atoms with Crippen LogP contribution in [0.4, 0.5) is 0 Å². The van der Waals surface area contributed by atoms with Gasteiger partial charge in [0.2, 0.25) is 0 Å². The Bertz CT molecular complexity index is 258. The molecule has 1 unspecified atom stereocenters. The van der Waals surface area contributed by atoms with E-state index in [9.17, 15) is 5.11 Å². The fourth-order valence-electron chi connectivity index (χ4n) is 1.31. The van der Waals surface area contributed by atoms with Crippen LogP contribution >= 0.6 is 11.3 Å². The number of aryl methyl sites for hydroxylation is 1. The van der Waals surface area contributed by atoms with Crippen molar-refractivity contribution in [2.24, 2.45) is 0 Å². The second-order valence-electron chi connectivity index (χ2n) is 3.36. The fourth-order valence-corrected chi connectivity index (χ4v) is 2.34. The molecule has 14 heavy (non-hydrogen) atoms. The second kappa shape index (κ2) is 6.17. The van der Waals surface area contributed by atoms with E-state index in [-0.39, 0.29) is 6.10 Å².